The fourth-order valence-corrected chi connectivity index (χ4v) is 3.13. The van der Waals surface area contributed by atoms with Crippen molar-refractivity contribution in [3.05, 3.63) is 29.8 Å². The van der Waals surface area contributed by atoms with E-state index in [1.807, 2.05) is 0 Å². The summed E-state index contributed by atoms with van der Waals surface area (Å²) in [7, 11) is 0. The van der Waals surface area contributed by atoms with E-state index in [4.69, 9.17) is 14.6 Å². The van der Waals surface area contributed by atoms with Crippen LogP contribution in [0.4, 0.5) is 5.69 Å². The van der Waals surface area contributed by atoms with E-state index in [0.29, 0.717) is 50.3 Å². The van der Waals surface area contributed by atoms with E-state index in [2.05, 4.69) is 5.32 Å². The molecule has 0 aliphatic carbocycles. The fourth-order valence-electron chi connectivity index (χ4n) is 3.13. The molecule has 0 aromatic heterocycles. The summed E-state index contributed by atoms with van der Waals surface area (Å²) in [5.74, 6) is -1.30. The largest absolute Gasteiger partial charge is 0.466 e. The van der Waals surface area contributed by atoms with Crippen LogP contribution in [0.3, 0.4) is 0 Å². The molecule has 1 fully saturated rings. The van der Waals surface area contributed by atoms with Gasteiger partial charge in [0.05, 0.1) is 24.7 Å². The van der Waals surface area contributed by atoms with Crippen molar-refractivity contribution in [1.82, 2.24) is 4.90 Å². The van der Waals surface area contributed by atoms with Crippen molar-refractivity contribution in [1.29, 1.82) is 0 Å². The van der Waals surface area contributed by atoms with Crippen molar-refractivity contribution in [3.63, 3.8) is 0 Å². The zero-order valence-corrected chi connectivity index (χ0v) is 16.3. The summed E-state index contributed by atoms with van der Waals surface area (Å²) in [6.07, 6.45) is 0.149. The van der Waals surface area contributed by atoms with Crippen molar-refractivity contribution in [2.75, 3.05) is 38.2 Å². The molecular formula is C20H28N2O6. The van der Waals surface area contributed by atoms with Gasteiger partial charge in [0.15, 0.2) is 6.10 Å². The predicted octanol–water partition coefficient (Wildman–Crippen LogP) is 1.44. The minimum absolute atomic E-state index is 0.0694. The Morgan fingerprint density at radius 2 is 1.93 bits per heavy atom. The first-order chi connectivity index (χ1) is 13.5. The molecule has 1 heterocycles. The van der Waals surface area contributed by atoms with Gasteiger partial charge in [0.1, 0.15) is 0 Å². The topological polar surface area (TPSA) is 105 Å². The number of aliphatic hydroxyl groups is 1. The number of para-hydroxylation sites is 1. The number of aliphatic hydroxyl groups excluding tert-OH is 1. The van der Waals surface area contributed by atoms with E-state index in [1.165, 1.54) is 0 Å². The Balaban J connectivity index is 1.91. The number of nitrogens with one attached hydrogen (secondary N) is 1. The number of carbonyl (C=O) groups excluding carboxylic acids is 3. The SMILES string of the molecule is CCOC(=O)C1CCN(C(=O)C(C)OC(=O)c2ccccc2NCCO)CC1. The average molecular weight is 392 g/mol. The van der Waals surface area contributed by atoms with E-state index in [1.54, 1.807) is 43.0 Å². The second kappa shape index (κ2) is 10.7. The Morgan fingerprint density at radius 1 is 1.25 bits per heavy atom. The summed E-state index contributed by atoms with van der Waals surface area (Å²) in [5.41, 5.74) is 0.841. The van der Waals surface area contributed by atoms with Crippen molar-refractivity contribution in [2.45, 2.75) is 32.8 Å². The first-order valence-corrected chi connectivity index (χ1v) is 9.58. The van der Waals surface area contributed by atoms with Gasteiger partial charge in [-0.25, -0.2) is 4.79 Å². The quantitative estimate of drug-likeness (QED) is 0.645. The van der Waals surface area contributed by atoms with Gasteiger partial charge in [0.25, 0.3) is 5.91 Å². The van der Waals surface area contributed by atoms with Crippen LogP contribution in [0.2, 0.25) is 0 Å². The highest BCUT2D eigenvalue weighted by Crippen LogP contribution is 2.21. The molecule has 2 N–H and O–H groups in total. The molecule has 1 aromatic carbocycles. The molecule has 0 spiro atoms. The normalized spacial score (nSPS) is 15.6. The first-order valence-electron chi connectivity index (χ1n) is 9.58. The van der Waals surface area contributed by atoms with Gasteiger partial charge in [0.2, 0.25) is 0 Å². The number of carbonyl (C=O) groups is 3. The molecular weight excluding hydrogens is 364 g/mol. The molecule has 0 bridgehead atoms. The number of hydrogen-bond donors (Lipinski definition) is 2. The second-order valence-corrected chi connectivity index (χ2v) is 6.60. The zero-order valence-electron chi connectivity index (χ0n) is 16.3. The number of nitrogens with zero attached hydrogens (tertiary/aromatic N) is 1. The van der Waals surface area contributed by atoms with E-state index in [9.17, 15) is 14.4 Å². The third kappa shape index (κ3) is 5.69. The number of rotatable bonds is 8. The molecule has 1 unspecified atom stereocenters. The monoisotopic (exact) mass is 392 g/mol. The van der Waals surface area contributed by atoms with Crippen LogP contribution in [0.1, 0.15) is 37.0 Å². The van der Waals surface area contributed by atoms with E-state index in [-0.39, 0.29) is 24.4 Å². The van der Waals surface area contributed by atoms with E-state index < -0.39 is 12.1 Å². The van der Waals surface area contributed by atoms with Crippen molar-refractivity contribution in [2.24, 2.45) is 5.92 Å². The molecule has 1 atom stereocenters. The van der Waals surface area contributed by atoms with E-state index in [0.717, 1.165) is 0 Å². The minimum atomic E-state index is -0.933. The molecule has 8 heteroatoms. The van der Waals surface area contributed by atoms with Crippen molar-refractivity contribution in [3.8, 4) is 0 Å². The van der Waals surface area contributed by atoms with E-state index >= 15 is 0 Å². The number of esters is 2. The lowest BCUT2D eigenvalue weighted by Gasteiger charge is -2.32. The highest BCUT2D eigenvalue weighted by atomic mass is 16.5. The molecule has 1 aliphatic rings. The smallest absolute Gasteiger partial charge is 0.341 e. The van der Waals surface area contributed by atoms with Gasteiger partial charge < -0.3 is 24.8 Å². The average Bonchev–Trinajstić information content (AvgIpc) is 2.72. The maximum absolute atomic E-state index is 12.6. The molecule has 0 radical (unpaired) electrons. The number of piperidine rings is 1. The van der Waals surface area contributed by atoms with Crippen molar-refractivity contribution >= 4 is 23.5 Å². The molecule has 1 aromatic rings. The van der Waals surface area contributed by atoms with Gasteiger partial charge in [0, 0.05) is 25.3 Å². The van der Waals surface area contributed by atoms with Crippen LogP contribution in [-0.4, -0.2) is 66.8 Å². The maximum Gasteiger partial charge on any atom is 0.341 e. The number of anilines is 1. The number of hydrogen-bond acceptors (Lipinski definition) is 7. The van der Waals surface area contributed by atoms with Crippen LogP contribution in [0.15, 0.2) is 24.3 Å². The Kier molecular flexibility index (Phi) is 8.25. The molecule has 154 valence electrons. The third-order valence-corrected chi connectivity index (χ3v) is 4.63. The first kappa shape index (κ1) is 21.7. The summed E-state index contributed by atoms with van der Waals surface area (Å²) in [5, 5.41) is 11.9. The highest BCUT2D eigenvalue weighted by Gasteiger charge is 2.31. The fraction of sp³-hybridized carbons (Fsp3) is 0.550. The lowest BCUT2D eigenvalue weighted by Crippen LogP contribution is -2.45. The molecule has 0 saturated carbocycles. The minimum Gasteiger partial charge on any atom is -0.466 e. The lowest BCUT2D eigenvalue weighted by molar-refractivity contribution is -0.152. The lowest BCUT2D eigenvalue weighted by atomic mass is 9.97. The molecule has 28 heavy (non-hydrogen) atoms. The molecule has 2 rings (SSSR count). The molecule has 8 nitrogen and oxygen atoms in total. The Labute approximate surface area is 164 Å². The summed E-state index contributed by atoms with van der Waals surface area (Å²) in [4.78, 5) is 38.5. The highest BCUT2D eigenvalue weighted by molar-refractivity contribution is 5.97. The maximum atomic E-state index is 12.6. The van der Waals surface area contributed by atoms with Gasteiger partial charge in [-0.1, -0.05) is 12.1 Å². The Bertz CT molecular complexity index is 685. The number of ether oxygens (including phenoxy) is 2. The third-order valence-electron chi connectivity index (χ3n) is 4.63. The summed E-state index contributed by atoms with van der Waals surface area (Å²) in [6, 6.07) is 6.77. The number of benzene rings is 1. The van der Waals surface area contributed by atoms with Crippen LogP contribution < -0.4 is 5.32 Å². The van der Waals surface area contributed by atoms with Crippen molar-refractivity contribution < 1.29 is 29.0 Å². The standard InChI is InChI=1S/C20H28N2O6/c1-3-27-19(25)15-8-11-22(12-9-15)18(24)14(2)28-20(26)16-6-4-5-7-17(16)21-10-13-23/h4-7,14-15,21,23H,3,8-13H2,1-2H3. The molecule has 1 amide bonds. The summed E-state index contributed by atoms with van der Waals surface area (Å²) in [6.45, 7) is 4.75. The summed E-state index contributed by atoms with van der Waals surface area (Å²) >= 11 is 0. The zero-order chi connectivity index (χ0) is 20.5. The van der Waals surface area contributed by atoms with Crippen LogP contribution in [0.5, 0.6) is 0 Å². The number of likely N-dealkylation sites (tertiary alicyclic amines) is 1. The predicted molar refractivity (Wildman–Crippen MR) is 103 cm³/mol. The summed E-state index contributed by atoms with van der Waals surface area (Å²) < 4.78 is 10.4. The van der Waals surface area contributed by atoms with Gasteiger partial charge in [-0.05, 0) is 38.8 Å². The van der Waals surface area contributed by atoms with Gasteiger partial charge in [-0.15, -0.1) is 0 Å². The van der Waals surface area contributed by atoms with Crippen LogP contribution in [-0.2, 0) is 19.1 Å². The van der Waals surface area contributed by atoms with Crippen LogP contribution in [0.25, 0.3) is 0 Å². The van der Waals surface area contributed by atoms with Crippen LogP contribution >= 0.6 is 0 Å². The number of amides is 1. The molecule has 1 aliphatic heterocycles. The van der Waals surface area contributed by atoms with Crippen LogP contribution in [0, 0.1) is 5.92 Å². The Hall–Kier alpha value is -2.61. The Morgan fingerprint density at radius 3 is 2.57 bits per heavy atom. The second-order valence-electron chi connectivity index (χ2n) is 6.60. The van der Waals surface area contributed by atoms with Gasteiger partial charge in [-0.2, -0.15) is 0 Å². The molecule has 1 saturated heterocycles. The van der Waals surface area contributed by atoms with Gasteiger partial charge >= 0.3 is 11.9 Å². The van der Waals surface area contributed by atoms with Gasteiger partial charge in [-0.3, -0.25) is 9.59 Å².